The summed E-state index contributed by atoms with van der Waals surface area (Å²) >= 11 is 1.49. The Labute approximate surface area is 172 Å². The number of rotatable bonds is 5. The number of imidazole rings is 1. The van der Waals surface area contributed by atoms with Crippen molar-refractivity contribution in [1.29, 1.82) is 0 Å². The summed E-state index contributed by atoms with van der Waals surface area (Å²) in [5, 5.41) is 11.4. The third-order valence-corrected chi connectivity index (χ3v) is 6.90. The summed E-state index contributed by atoms with van der Waals surface area (Å²) in [6.45, 7) is 2.95. The molecule has 0 radical (unpaired) electrons. The number of nitrogens with one attached hydrogen (secondary N) is 2. The number of hydrogen-bond donors (Lipinski definition) is 2. The number of H-pyrrole nitrogens is 1. The van der Waals surface area contributed by atoms with E-state index in [0.29, 0.717) is 0 Å². The zero-order chi connectivity index (χ0) is 19.4. The van der Waals surface area contributed by atoms with Crippen LogP contribution in [0.25, 0.3) is 16.9 Å². The maximum atomic E-state index is 4.69. The van der Waals surface area contributed by atoms with Crippen molar-refractivity contribution in [2.45, 2.75) is 51.2 Å². The van der Waals surface area contributed by atoms with Gasteiger partial charge in [0.2, 0.25) is 0 Å². The summed E-state index contributed by atoms with van der Waals surface area (Å²) in [6, 6.07) is 3.69. The standard InChI is InChI=1S/C20H22N8S/c1-12-10-28-17(13-7-22-23-8-13)9-21-20(28)19(24-12)25-18-6-14(26-29-18)11-27-15-2-3-16(27)5-4-15/h6-10,15-16H,2-5,11H2,1H3,(H,22,23)(H,24,25). The highest BCUT2D eigenvalue weighted by atomic mass is 32.1. The fraction of sp³-hybridized carbons (Fsp3) is 0.400. The van der Waals surface area contributed by atoms with Crippen LogP contribution in [0.5, 0.6) is 0 Å². The molecule has 9 heteroatoms. The molecule has 0 aliphatic carbocycles. The number of fused-ring (bicyclic) bond motifs is 3. The zero-order valence-electron chi connectivity index (χ0n) is 16.2. The highest BCUT2D eigenvalue weighted by Crippen LogP contribution is 2.38. The van der Waals surface area contributed by atoms with Gasteiger partial charge >= 0.3 is 0 Å². The van der Waals surface area contributed by atoms with Gasteiger partial charge < -0.3 is 5.32 Å². The lowest BCUT2D eigenvalue weighted by Crippen LogP contribution is -2.27. The van der Waals surface area contributed by atoms with Gasteiger partial charge in [-0.3, -0.25) is 14.4 Å². The van der Waals surface area contributed by atoms with Gasteiger partial charge in [-0.25, -0.2) is 9.97 Å². The molecule has 0 amide bonds. The summed E-state index contributed by atoms with van der Waals surface area (Å²) in [5.74, 6) is 0.746. The van der Waals surface area contributed by atoms with Crippen LogP contribution < -0.4 is 5.32 Å². The molecule has 0 atom stereocenters. The number of nitrogens with zero attached hydrogens (tertiary/aromatic N) is 6. The van der Waals surface area contributed by atoms with E-state index in [2.05, 4.69) is 40.8 Å². The van der Waals surface area contributed by atoms with Gasteiger partial charge in [-0.15, -0.1) is 0 Å². The minimum absolute atomic E-state index is 0.746. The molecule has 2 aliphatic heterocycles. The van der Waals surface area contributed by atoms with Crippen molar-refractivity contribution in [2.75, 3.05) is 5.32 Å². The Morgan fingerprint density at radius 1 is 1.21 bits per heavy atom. The summed E-state index contributed by atoms with van der Waals surface area (Å²) < 4.78 is 6.75. The fourth-order valence-corrected chi connectivity index (χ4v) is 5.48. The second-order valence-electron chi connectivity index (χ2n) is 8.00. The zero-order valence-corrected chi connectivity index (χ0v) is 17.0. The molecule has 2 saturated heterocycles. The normalized spacial score (nSPS) is 21.4. The molecule has 29 heavy (non-hydrogen) atoms. The molecule has 0 unspecified atom stereocenters. The third kappa shape index (κ3) is 2.92. The summed E-state index contributed by atoms with van der Waals surface area (Å²) in [5.41, 5.74) is 4.83. The van der Waals surface area contributed by atoms with Gasteiger partial charge in [0.15, 0.2) is 11.5 Å². The lowest BCUT2D eigenvalue weighted by Gasteiger charge is -2.19. The molecule has 4 aromatic rings. The molecule has 6 heterocycles. The van der Waals surface area contributed by atoms with Crippen molar-refractivity contribution < 1.29 is 0 Å². The van der Waals surface area contributed by atoms with Gasteiger partial charge in [0, 0.05) is 36.6 Å². The van der Waals surface area contributed by atoms with Crippen LogP contribution in [0, 0.1) is 6.92 Å². The number of aromatic nitrogens is 6. The van der Waals surface area contributed by atoms with E-state index in [1.165, 1.54) is 37.2 Å². The van der Waals surface area contributed by atoms with Crippen LogP contribution >= 0.6 is 11.5 Å². The third-order valence-electron chi connectivity index (χ3n) is 6.16. The molecule has 6 rings (SSSR count). The summed E-state index contributed by atoms with van der Waals surface area (Å²) in [6.07, 6.45) is 12.9. The van der Waals surface area contributed by atoms with E-state index in [1.807, 2.05) is 25.5 Å². The van der Waals surface area contributed by atoms with E-state index in [0.717, 1.165) is 57.7 Å². The van der Waals surface area contributed by atoms with Crippen molar-refractivity contribution in [1.82, 2.24) is 33.8 Å². The van der Waals surface area contributed by atoms with Crippen LogP contribution in [0.1, 0.15) is 37.1 Å². The van der Waals surface area contributed by atoms with Crippen molar-refractivity contribution in [3.63, 3.8) is 0 Å². The van der Waals surface area contributed by atoms with Crippen LogP contribution in [-0.2, 0) is 6.54 Å². The second-order valence-corrected chi connectivity index (χ2v) is 8.80. The van der Waals surface area contributed by atoms with Crippen LogP contribution in [0.15, 0.2) is 30.9 Å². The summed E-state index contributed by atoms with van der Waals surface area (Å²) in [4.78, 5) is 11.9. The Morgan fingerprint density at radius 3 is 2.79 bits per heavy atom. The molecule has 0 saturated carbocycles. The maximum Gasteiger partial charge on any atom is 0.180 e. The molecule has 2 N–H and O–H groups in total. The molecule has 2 aliphatic rings. The lowest BCUT2D eigenvalue weighted by molar-refractivity contribution is 0.242. The van der Waals surface area contributed by atoms with Crippen LogP contribution in [0.3, 0.4) is 0 Å². The molecule has 0 spiro atoms. The van der Waals surface area contributed by atoms with Gasteiger partial charge in [-0.05, 0) is 50.2 Å². The van der Waals surface area contributed by atoms with E-state index < -0.39 is 0 Å². The predicted octanol–water partition coefficient (Wildman–Crippen LogP) is 3.75. The minimum atomic E-state index is 0.746. The number of aromatic amines is 1. The molecule has 2 bridgehead atoms. The van der Waals surface area contributed by atoms with Gasteiger partial charge in [0.25, 0.3) is 0 Å². The number of hydrogen-bond acceptors (Lipinski definition) is 7. The SMILES string of the molecule is Cc1cn2c(-c3cn[nH]c3)cnc2c(Nc2cc(CN3C4CCC3CC4)ns2)n1. The monoisotopic (exact) mass is 406 g/mol. The van der Waals surface area contributed by atoms with Crippen molar-refractivity contribution in [3.05, 3.63) is 42.2 Å². The Hall–Kier alpha value is -2.78. The molecule has 4 aromatic heterocycles. The lowest BCUT2D eigenvalue weighted by atomic mass is 10.0. The van der Waals surface area contributed by atoms with Gasteiger partial charge in [-0.2, -0.15) is 9.47 Å². The molecule has 8 nitrogen and oxygen atoms in total. The maximum absolute atomic E-state index is 4.69. The first-order chi connectivity index (χ1) is 14.2. The van der Waals surface area contributed by atoms with Crippen molar-refractivity contribution in [3.8, 4) is 11.3 Å². The average Bonchev–Trinajstić information content (AvgIpc) is 3.52. The van der Waals surface area contributed by atoms with E-state index in [-0.39, 0.29) is 0 Å². The summed E-state index contributed by atoms with van der Waals surface area (Å²) in [7, 11) is 0. The Morgan fingerprint density at radius 2 is 2.03 bits per heavy atom. The van der Waals surface area contributed by atoms with Crippen molar-refractivity contribution in [2.24, 2.45) is 0 Å². The van der Waals surface area contributed by atoms with E-state index in [4.69, 9.17) is 4.37 Å². The molecular formula is C20H22N8S. The van der Waals surface area contributed by atoms with E-state index in [9.17, 15) is 0 Å². The van der Waals surface area contributed by atoms with Gasteiger partial charge in [0.1, 0.15) is 5.00 Å². The van der Waals surface area contributed by atoms with Crippen LogP contribution in [0.4, 0.5) is 10.8 Å². The van der Waals surface area contributed by atoms with Crippen LogP contribution in [0.2, 0.25) is 0 Å². The van der Waals surface area contributed by atoms with Crippen LogP contribution in [-0.4, -0.2) is 45.9 Å². The predicted molar refractivity (Wildman–Crippen MR) is 112 cm³/mol. The smallest absolute Gasteiger partial charge is 0.180 e. The fourth-order valence-electron chi connectivity index (χ4n) is 4.82. The minimum Gasteiger partial charge on any atom is -0.328 e. The Balaban J connectivity index is 1.28. The Bertz CT molecular complexity index is 1140. The Kier molecular flexibility index (Phi) is 3.91. The first-order valence-electron chi connectivity index (χ1n) is 10.1. The van der Waals surface area contributed by atoms with Gasteiger partial charge in [0.05, 0.1) is 29.5 Å². The second kappa shape index (κ2) is 6.64. The topological polar surface area (TPSA) is 87.0 Å². The molecule has 2 fully saturated rings. The molecular weight excluding hydrogens is 384 g/mol. The highest BCUT2D eigenvalue weighted by molar-refractivity contribution is 7.10. The first-order valence-corrected chi connectivity index (χ1v) is 10.8. The van der Waals surface area contributed by atoms with E-state index >= 15 is 0 Å². The highest BCUT2D eigenvalue weighted by Gasteiger charge is 2.39. The van der Waals surface area contributed by atoms with Crippen molar-refractivity contribution >= 4 is 28.0 Å². The number of aryl methyl sites for hydroxylation is 1. The quantitative estimate of drug-likeness (QED) is 0.525. The molecule has 148 valence electrons. The van der Waals surface area contributed by atoms with Gasteiger partial charge in [-0.1, -0.05) is 0 Å². The average molecular weight is 407 g/mol. The first kappa shape index (κ1) is 17.1. The molecule has 0 aromatic carbocycles. The van der Waals surface area contributed by atoms with E-state index in [1.54, 1.807) is 6.20 Å². The number of anilines is 2. The largest absolute Gasteiger partial charge is 0.328 e.